The molecule has 92 valence electrons. The van der Waals surface area contributed by atoms with Crippen LogP contribution in [0.4, 0.5) is 10.7 Å². The first-order valence-corrected chi connectivity index (χ1v) is 6.14. The highest BCUT2D eigenvalue weighted by molar-refractivity contribution is 7.17. The highest BCUT2D eigenvalue weighted by Crippen LogP contribution is 2.42. The van der Waals surface area contributed by atoms with Gasteiger partial charge in [0.15, 0.2) is 5.75 Å². The Hall–Kier alpha value is -1.67. The molecular formula is C12H17N3OS. The van der Waals surface area contributed by atoms with Crippen LogP contribution in [0, 0.1) is 11.3 Å². The highest BCUT2D eigenvalue weighted by Gasteiger charge is 2.18. The van der Waals surface area contributed by atoms with Crippen LogP contribution in [0.3, 0.4) is 0 Å². The Morgan fingerprint density at radius 3 is 2.76 bits per heavy atom. The van der Waals surface area contributed by atoms with E-state index < -0.39 is 0 Å². The molecule has 0 radical (unpaired) electrons. The Kier molecular flexibility index (Phi) is 4.41. The molecule has 0 saturated heterocycles. The van der Waals surface area contributed by atoms with Gasteiger partial charge in [0.1, 0.15) is 21.6 Å². The van der Waals surface area contributed by atoms with Gasteiger partial charge in [0, 0.05) is 6.54 Å². The third-order valence-corrected chi connectivity index (χ3v) is 2.95. The number of nitriles is 1. The van der Waals surface area contributed by atoms with Gasteiger partial charge >= 0.3 is 0 Å². The van der Waals surface area contributed by atoms with Crippen molar-refractivity contribution in [2.45, 2.75) is 26.9 Å². The molecule has 1 heterocycles. The molecule has 0 atom stereocenters. The normalized spacial score (nSPS) is 10.1. The molecule has 0 unspecified atom stereocenters. The second-order valence-electron chi connectivity index (χ2n) is 4.09. The quantitative estimate of drug-likeness (QED) is 0.789. The number of thiophene rings is 1. The lowest BCUT2D eigenvalue weighted by Gasteiger charge is -2.12. The summed E-state index contributed by atoms with van der Waals surface area (Å²) in [7, 11) is 0. The van der Waals surface area contributed by atoms with Crippen LogP contribution >= 0.6 is 11.3 Å². The number of ether oxygens (including phenoxy) is 1. The van der Waals surface area contributed by atoms with Crippen molar-refractivity contribution in [2.24, 2.45) is 0 Å². The summed E-state index contributed by atoms with van der Waals surface area (Å²) in [5.41, 5.74) is 7.29. The molecule has 0 spiro atoms. The van der Waals surface area contributed by atoms with E-state index in [1.54, 1.807) is 0 Å². The fraction of sp³-hybridized carbons (Fsp3) is 0.417. The molecule has 0 bridgehead atoms. The summed E-state index contributed by atoms with van der Waals surface area (Å²) in [6.07, 6.45) is 0.0174. The molecule has 0 aliphatic carbocycles. The van der Waals surface area contributed by atoms with Gasteiger partial charge < -0.3 is 15.8 Å². The minimum atomic E-state index is 0.0174. The fourth-order valence-corrected chi connectivity index (χ4v) is 2.06. The number of nitrogens with zero attached hydrogens (tertiary/aromatic N) is 1. The first-order valence-electron chi connectivity index (χ1n) is 5.33. The molecule has 0 saturated carbocycles. The average Bonchev–Trinajstić information content (AvgIpc) is 2.53. The van der Waals surface area contributed by atoms with E-state index in [0.29, 0.717) is 22.9 Å². The van der Waals surface area contributed by atoms with Crippen LogP contribution in [0.1, 0.15) is 25.6 Å². The van der Waals surface area contributed by atoms with Gasteiger partial charge in [-0.2, -0.15) is 5.26 Å². The van der Waals surface area contributed by atoms with Crippen LogP contribution in [-0.4, -0.2) is 12.6 Å². The van der Waals surface area contributed by atoms with Gasteiger partial charge in [0.25, 0.3) is 0 Å². The molecular weight excluding hydrogens is 234 g/mol. The zero-order valence-corrected chi connectivity index (χ0v) is 11.1. The molecule has 0 aromatic carbocycles. The molecule has 1 aromatic rings. The van der Waals surface area contributed by atoms with E-state index in [0.717, 1.165) is 10.6 Å². The largest absolute Gasteiger partial charge is 0.486 e. The van der Waals surface area contributed by atoms with E-state index in [4.69, 9.17) is 15.7 Å². The smallest absolute Gasteiger partial charge is 0.178 e. The molecule has 3 N–H and O–H groups in total. The lowest BCUT2D eigenvalue weighted by atomic mass is 10.3. The average molecular weight is 251 g/mol. The molecule has 1 rings (SSSR count). The van der Waals surface area contributed by atoms with E-state index in [-0.39, 0.29) is 6.10 Å². The minimum Gasteiger partial charge on any atom is -0.486 e. The Balaban J connectivity index is 3.01. The molecule has 0 amide bonds. The predicted octanol–water partition coefficient (Wildman–Crippen LogP) is 2.98. The minimum absolute atomic E-state index is 0.0174. The number of rotatable bonds is 5. The van der Waals surface area contributed by atoms with Gasteiger partial charge in [-0.15, -0.1) is 11.3 Å². The van der Waals surface area contributed by atoms with Crippen LogP contribution < -0.4 is 15.8 Å². The van der Waals surface area contributed by atoms with E-state index in [9.17, 15) is 0 Å². The van der Waals surface area contributed by atoms with Gasteiger partial charge in [-0.25, -0.2) is 0 Å². The topological polar surface area (TPSA) is 71.1 Å². The molecule has 17 heavy (non-hydrogen) atoms. The van der Waals surface area contributed by atoms with E-state index >= 15 is 0 Å². The highest BCUT2D eigenvalue weighted by atomic mass is 32.1. The van der Waals surface area contributed by atoms with E-state index in [1.807, 2.05) is 20.8 Å². The Morgan fingerprint density at radius 2 is 2.29 bits per heavy atom. The van der Waals surface area contributed by atoms with E-state index in [1.165, 1.54) is 11.3 Å². The standard InChI is InChI=1S/C12H17N3OS/c1-7(2)6-15-12-11(16-8(3)4)10(14)9(5-13)17-12/h8,15H,1,6,14H2,2-4H3. The van der Waals surface area contributed by atoms with Gasteiger partial charge in [-0.1, -0.05) is 12.2 Å². The summed E-state index contributed by atoms with van der Waals surface area (Å²) in [5.74, 6) is 0.572. The monoisotopic (exact) mass is 251 g/mol. The molecule has 0 aliphatic rings. The van der Waals surface area contributed by atoms with Crippen LogP contribution in [0.2, 0.25) is 0 Å². The summed E-state index contributed by atoms with van der Waals surface area (Å²) in [6.45, 7) is 10.2. The molecule has 0 aliphatic heterocycles. The van der Waals surface area contributed by atoms with Gasteiger partial charge in [-0.05, 0) is 20.8 Å². The number of anilines is 2. The van der Waals surface area contributed by atoms with Gasteiger partial charge in [-0.3, -0.25) is 0 Å². The van der Waals surface area contributed by atoms with Crippen molar-refractivity contribution in [1.82, 2.24) is 0 Å². The van der Waals surface area contributed by atoms with Crippen molar-refractivity contribution in [1.29, 1.82) is 5.26 Å². The first kappa shape index (κ1) is 13.4. The van der Waals surface area contributed by atoms with Crippen molar-refractivity contribution < 1.29 is 4.74 Å². The van der Waals surface area contributed by atoms with Crippen molar-refractivity contribution in [3.05, 3.63) is 17.0 Å². The number of hydrogen-bond donors (Lipinski definition) is 2. The molecule has 5 heteroatoms. The number of nitrogen functional groups attached to an aromatic ring is 1. The van der Waals surface area contributed by atoms with Gasteiger partial charge in [0.05, 0.1) is 6.10 Å². The SMILES string of the molecule is C=C(C)CNc1sc(C#N)c(N)c1OC(C)C. The van der Waals surface area contributed by atoms with Crippen LogP contribution in [0.25, 0.3) is 0 Å². The van der Waals surface area contributed by atoms with Crippen LogP contribution in [0.15, 0.2) is 12.2 Å². The molecule has 4 nitrogen and oxygen atoms in total. The summed E-state index contributed by atoms with van der Waals surface area (Å²) < 4.78 is 5.63. The second-order valence-corrected chi connectivity index (χ2v) is 5.11. The van der Waals surface area contributed by atoms with Crippen molar-refractivity contribution >= 4 is 22.0 Å². The predicted molar refractivity (Wildman–Crippen MR) is 72.5 cm³/mol. The van der Waals surface area contributed by atoms with Crippen molar-refractivity contribution in [2.75, 3.05) is 17.6 Å². The lowest BCUT2D eigenvalue weighted by Crippen LogP contribution is -2.09. The number of nitrogens with one attached hydrogen (secondary N) is 1. The molecule has 1 aromatic heterocycles. The Morgan fingerprint density at radius 1 is 1.65 bits per heavy atom. The lowest BCUT2D eigenvalue weighted by molar-refractivity contribution is 0.246. The summed E-state index contributed by atoms with van der Waals surface area (Å²) in [5, 5.41) is 12.9. The summed E-state index contributed by atoms with van der Waals surface area (Å²) in [6, 6.07) is 2.07. The maximum Gasteiger partial charge on any atom is 0.178 e. The maximum absolute atomic E-state index is 8.95. The summed E-state index contributed by atoms with van der Waals surface area (Å²) >= 11 is 1.31. The van der Waals surface area contributed by atoms with Crippen molar-refractivity contribution in [3.8, 4) is 11.8 Å². The van der Waals surface area contributed by atoms with E-state index in [2.05, 4.69) is 18.0 Å². The fourth-order valence-electron chi connectivity index (χ4n) is 1.21. The Bertz CT molecular complexity index is 457. The zero-order valence-electron chi connectivity index (χ0n) is 10.3. The third-order valence-electron chi connectivity index (χ3n) is 1.91. The number of hydrogen-bond acceptors (Lipinski definition) is 5. The van der Waals surface area contributed by atoms with Gasteiger partial charge in [0.2, 0.25) is 0 Å². The summed E-state index contributed by atoms with van der Waals surface area (Å²) in [4.78, 5) is 0.477. The zero-order chi connectivity index (χ0) is 13.0. The third kappa shape index (κ3) is 3.40. The maximum atomic E-state index is 8.95. The Labute approximate surface area is 106 Å². The first-order chi connectivity index (χ1) is 7.95. The van der Waals surface area contributed by atoms with Crippen LogP contribution in [0.5, 0.6) is 5.75 Å². The van der Waals surface area contributed by atoms with Crippen LogP contribution in [-0.2, 0) is 0 Å². The number of nitrogens with two attached hydrogens (primary N) is 1. The molecule has 0 fully saturated rings. The second kappa shape index (κ2) is 5.60. The van der Waals surface area contributed by atoms with Crippen molar-refractivity contribution in [3.63, 3.8) is 0 Å².